The van der Waals surface area contributed by atoms with Gasteiger partial charge in [0.2, 0.25) is 0 Å². The van der Waals surface area contributed by atoms with Crippen molar-refractivity contribution < 1.29 is 28.5 Å². The number of halogens is 2. The molecule has 0 aliphatic carbocycles. The van der Waals surface area contributed by atoms with Crippen LogP contribution in [0.2, 0.25) is 0 Å². The summed E-state index contributed by atoms with van der Waals surface area (Å²) in [6.07, 6.45) is 0. The maximum atomic E-state index is 12.5. The lowest BCUT2D eigenvalue weighted by molar-refractivity contribution is -0.164. The summed E-state index contributed by atoms with van der Waals surface area (Å²) < 4.78 is 29.6. The normalized spacial score (nSPS) is 14.0. The molecular weight excluding hydrogens is 200 g/mol. The van der Waals surface area contributed by atoms with Gasteiger partial charge in [-0.1, -0.05) is 0 Å². The molecule has 84 valence electrons. The van der Waals surface area contributed by atoms with Gasteiger partial charge < -0.3 is 20.3 Å². The van der Waals surface area contributed by atoms with Crippen LogP contribution in [0.3, 0.4) is 0 Å². The molecule has 0 fully saturated rings. The van der Waals surface area contributed by atoms with Crippen LogP contribution in [0.15, 0.2) is 0 Å². The first kappa shape index (κ1) is 13.2. The Hall–Kier alpha value is -0.790. The summed E-state index contributed by atoms with van der Waals surface area (Å²) in [5.74, 6) is -6.03. The van der Waals surface area contributed by atoms with E-state index in [4.69, 9.17) is 10.2 Å². The molecule has 0 rings (SSSR count). The van der Waals surface area contributed by atoms with Gasteiger partial charge in [-0.05, 0) is 0 Å². The molecule has 0 aliphatic heterocycles. The minimum Gasteiger partial charge on any atom is -0.477 e. The minimum absolute atomic E-state index is 0.0339. The fourth-order valence-electron chi connectivity index (χ4n) is 0.725. The Morgan fingerprint density at radius 2 is 2.21 bits per heavy atom. The Kier molecular flexibility index (Phi) is 5.51. The predicted molar refractivity (Wildman–Crippen MR) is 43.3 cm³/mol. The van der Waals surface area contributed by atoms with Crippen LogP contribution in [-0.4, -0.2) is 55.0 Å². The second-order valence-corrected chi connectivity index (χ2v) is 2.73. The summed E-state index contributed by atoms with van der Waals surface area (Å²) in [6, 6.07) is -0.690. The van der Waals surface area contributed by atoms with Gasteiger partial charge in [0.25, 0.3) is 0 Å². The zero-order valence-electron chi connectivity index (χ0n) is 7.67. The van der Waals surface area contributed by atoms with E-state index in [0.717, 1.165) is 0 Å². The third-order valence-corrected chi connectivity index (χ3v) is 1.51. The Balaban J connectivity index is 3.95. The van der Waals surface area contributed by atoms with Crippen LogP contribution in [0.25, 0.3) is 0 Å². The van der Waals surface area contributed by atoms with Gasteiger partial charge in [0.1, 0.15) is 0 Å². The van der Waals surface area contributed by atoms with Crippen molar-refractivity contribution in [3.63, 3.8) is 0 Å². The maximum absolute atomic E-state index is 12.5. The largest absolute Gasteiger partial charge is 0.477 e. The molecule has 0 radical (unpaired) electrons. The Labute approximate surface area is 79.7 Å². The third kappa shape index (κ3) is 4.45. The number of ether oxygens (including phenoxy) is 1. The highest BCUT2D eigenvalue weighted by Gasteiger charge is 2.38. The number of nitrogens with one attached hydrogen (secondary N) is 1. The van der Waals surface area contributed by atoms with Crippen molar-refractivity contribution in [1.29, 1.82) is 0 Å². The van der Waals surface area contributed by atoms with Crippen LogP contribution in [0.1, 0.15) is 0 Å². The topological polar surface area (TPSA) is 78.8 Å². The number of aliphatic hydroxyl groups excluding tert-OH is 1. The fraction of sp³-hybridized carbons (Fsp3) is 0.857. The molecule has 0 amide bonds. The molecule has 1 atom stereocenters. The molecule has 0 aromatic rings. The molecule has 3 N–H and O–H groups in total. The summed E-state index contributed by atoms with van der Waals surface area (Å²) in [5, 5.41) is 18.9. The van der Waals surface area contributed by atoms with Gasteiger partial charge in [-0.3, -0.25) is 0 Å². The highest BCUT2D eigenvalue weighted by molar-refractivity contribution is 5.75. The van der Waals surface area contributed by atoms with Gasteiger partial charge in [0.15, 0.2) is 0 Å². The van der Waals surface area contributed by atoms with E-state index >= 15 is 0 Å². The van der Waals surface area contributed by atoms with Crippen LogP contribution >= 0.6 is 0 Å². The summed E-state index contributed by atoms with van der Waals surface area (Å²) in [6.45, 7) is -1.40. The van der Waals surface area contributed by atoms with Gasteiger partial charge in [0, 0.05) is 7.11 Å². The van der Waals surface area contributed by atoms with E-state index in [9.17, 15) is 13.6 Å². The van der Waals surface area contributed by atoms with Gasteiger partial charge in [-0.25, -0.2) is 4.79 Å². The SMILES string of the molecule is COCC(CO)NCC(F)(F)C(=O)O. The lowest BCUT2D eigenvalue weighted by atomic mass is 10.3. The molecule has 14 heavy (non-hydrogen) atoms. The Morgan fingerprint density at radius 1 is 1.64 bits per heavy atom. The predicted octanol–water partition coefficient (Wildman–Crippen LogP) is -0.697. The number of aliphatic hydroxyl groups is 1. The molecule has 7 heteroatoms. The number of rotatable bonds is 7. The monoisotopic (exact) mass is 213 g/mol. The standard InChI is InChI=1S/C7H13F2NO4/c1-14-3-5(2-11)10-4-7(8,9)6(12)13/h5,10-11H,2-4H2,1H3,(H,12,13). The van der Waals surface area contributed by atoms with E-state index < -0.39 is 31.1 Å². The molecule has 0 heterocycles. The lowest BCUT2D eigenvalue weighted by Crippen LogP contribution is -2.46. The lowest BCUT2D eigenvalue weighted by Gasteiger charge is -2.18. The van der Waals surface area contributed by atoms with Crippen LogP contribution in [0, 0.1) is 0 Å². The van der Waals surface area contributed by atoms with Crippen molar-refractivity contribution in [3.05, 3.63) is 0 Å². The highest BCUT2D eigenvalue weighted by Crippen LogP contribution is 2.11. The Bertz CT molecular complexity index is 189. The summed E-state index contributed by atoms with van der Waals surface area (Å²) in [5.41, 5.74) is 0. The maximum Gasteiger partial charge on any atom is 0.375 e. The number of carbonyl (C=O) groups is 1. The molecular formula is C7H13F2NO4. The zero-order valence-corrected chi connectivity index (χ0v) is 7.67. The van der Waals surface area contributed by atoms with Crippen LogP contribution < -0.4 is 5.32 Å². The van der Waals surface area contributed by atoms with Crippen molar-refractivity contribution in [2.45, 2.75) is 12.0 Å². The first-order valence-corrected chi connectivity index (χ1v) is 3.88. The average Bonchev–Trinajstić information content (AvgIpc) is 2.12. The summed E-state index contributed by atoms with van der Waals surface area (Å²) in [7, 11) is 1.35. The van der Waals surface area contributed by atoms with E-state index in [1.165, 1.54) is 7.11 Å². The van der Waals surface area contributed by atoms with E-state index in [2.05, 4.69) is 10.1 Å². The van der Waals surface area contributed by atoms with Gasteiger partial charge in [-0.2, -0.15) is 8.78 Å². The second kappa shape index (κ2) is 5.84. The molecule has 0 bridgehead atoms. The van der Waals surface area contributed by atoms with Crippen molar-refractivity contribution >= 4 is 5.97 Å². The van der Waals surface area contributed by atoms with Crippen LogP contribution in [0.4, 0.5) is 8.78 Å². The smallest absolute Gasteiger partial charge is 0.375 e. The number of carboxylic acid groups (broad SMARTS) is 1. The van der Waals surface area contributed by atoms with Crippen LogP contribution in [-0.2, 0) is 9.53 Å². The summed E-state index contributed by atoms with van der Waals surface area (Å²) >= 11 is 0. The zero-order chi connectivity index (χ0) is 11.2. The first-order chi connectivity index (χ1) is 6.44. The van der Waals surface area contributed by atoms with Gasteiger partial charge >= 0.3 is 11.9 Å². The summed E-state index contributed by atoms with van der Waals surface area (Å²) in [4.78, 5) is 10.00. The highest BCUT2D eigenvalue weighted by atomic mass is 19.3. The molecule has 0 aromatic heterocycles. The number of alkyl halides is 2. The second-order valence-electron chi connectivity index (χ2n) is 2.73. The molecule has 0 spiro atoms. The number of hydrogen-bond donors (Lipinski definition) is 3. The molecule has 1 unspecified atom stereocenters. The minimum atomic E-state index is -3.83. The van der Waals surface area contributed by atoms with E-state index in [0.29, 0.717) is 0 Å². The average molecular weight is 213 g/mol. The van der Waals surface area contributed by atoms with Crippen molar-refractivity contribution in [3.8, 4) is 0 Å². The van der Waals surface area contributed by atoms with Gasteiger partial charge in [-0.15, -0.1) is 0 Å². The van der Waals surface area contributed by atoms with E-state index in [1.54, 1.807) is 0 Å². The fourth-order valence-corrected chi connectivity index (χ4v) is 0.725. The molecule has 0 aromatic carbocycles. The number of carboxylic acids is 1. The molecule has 0 saturated carbocycles. The number of aliphatic carboxylic acids is 1. The van der Waals surface area contributed by atoms with E-state index in [-0.39, 0.29) is 6.61 Å². The number of methoxy groups -OCH3 is 1. The molecule has 0 saturated heterocycles. The molecule has 5 nitrogen and oxygen atoms in total. The first-order valence-electron chi connectivity index (χ1n) is 3.88. The third-order valence-electron chi connectivity index (χ3n) is 1.51. The Morgan fingerprint density at radius 3 is 2.57 bits per heavy atom. The van der Waals surface area contributed by atoms with Crippen molar-refractivity contribution in [2.24, 2.45) is 0 Å². The number of hydrogen-bond acceptors (Lipinski definition) is 4. The van der Waals surface area contributed by atoms with E-state index in [1.807, 2.05) is 0 Å². The van der Waals surface area contributed by atoms with Crippen LogP contribution in [0.5, 0.6) is 0 Å². The molecule has 0 aliphatic rings. The van der Waals surface area contributed by atoms with Gasteiger partial charge in [0.05, 0.1) is 25.8 Å². The quantitative estimate of drug-likeness (QED) is 0.521. The van der Waals surface area contributed by atoms with Crippen molar-refractivity contribution in [1.82, 2.24) is 5.32 Å². The van der Waals surface area contributed by atoms with Crippen molar-refractivity contribution in [2.75, 3.05) is 26.9 Å².